The lowest BCUT2D eigenvalue weighted by Gasteiger charge is -2.19. The Morgan fingerprint density at radius 2 is 1.95 bits per heavy atom. The van der Waals surface area contributed by atoms with Crippen LogP contribution in [-0.4, -0.2) is 9.97 Å². The van der Waals surface area contributed by atoms with Gasteiger partial charge in [0.05, 0.1) is 20.8 Å². The lowest BCUT2D eigenvalue weighted by Crippen LogP contribution is -2.18. The van der Waals surface area contributed by atoms with Gasteiger partial charge in [-0.1, -0.05) is 29.8 Å². The lowest BCUT2D eigenvalue weighted by molar-refractivity contribution is 0.813. The first-order chi connectivity index (χ1) is 10.6. The van der Waals surface area contributed by atoms with Crippen molar-refractivity contribution in [2.45, 2.75) is 18.4 Å². The molecule has 1 aliphatic rings. The summed E-state index contributed by atoms with van der Waals surface area (Å²) in [6.45, 7) is 0. The molecule has 3 aromatic rings. The second-order valence-electron chi connectivity index (χ2n) is 5.39. The van der Waals surface area contributed by atoms with Gasteiger partial charge >= 0.3 is 0 Å². The number of hydrogen-bond acceptors (Lipinski definition) is 5. The Kier molecular flexibility index (Phi) is 3.18. The van der Waals surface area contributed by atoms with E-state index in [0.717, 1.165) is 38.6 Å². The van der Waals surface area contributed by atoms with Crippen LogP contribution < -0.4 is 11.1 Å². The van der Waals surface area contributed by atoms with Gasteiger partial charge in [-0.15, -0.1) is 11.3 Å². The minimum absolute atomic E-state index is 0.0921. The van der Waals surface area contributed by atoms with Crippen molar-refractivity contribution in [3.05, 3.63) is 46.2 Å². The molecule has 1 saturated carbocycles. The van der Waals surface area contributed by atoms with E-state index in [2.05, 4.69) is 21.4 Å². The molecule has 0 atom stereocenters. The van der Waals surface area contributed by atoms with E-state index in [1.54, 1.807) is 0 Å². The highest BCUT2D eigenvalue weighted by molar-refractivity contribution is 7.23. The number of nitrogens with zero attached hydrogens (tertiary/aromatic N) is 2. The van der Waals surface area contributed by atoms with Crippen LogP contribution in [0.5, 0.6) is 0 Å². The Morgan fingerprint density at radius 3 is 2.68 bits per heavy atom. The smallest absolute Gasteiger partial charge is 0.224 e. The van der Waals surface area contributed by atoms with Crippen LogP contribution >= 0.6 is 34.5 Å². The van der Waals surface area contributed by atoms with Crippen molar-refractivity contribution in [3.8, 4) is 0 Å². The summed E-state index contributed by atoms with van der Waals surface area (Å²) < 4.78 is 0.849. The number of anilines is 2. The summed E-state index contributed by atoms with van der Waals surface area (Å²) in [6.07, 6.45) is 2.10. The molecule has 7 heteroatoms. The third-order valence-corrected chi connectivity index (χ3v) is 5.43. The number of benzene rings is 1. The molecule has 3 N–H and O–H groups in total. The summed E-state index contributed by atoms with van der Waals surface area (Å²) in [7, 11) is 0. The van der Waals surface area contributed by atoms with Gasteiger partial charge in [0.2, 0.25) is 5.28 Å². The van der Waals surface area contributed by atoms with Crippen molar-refractivity contribution >= 4 is 55.6 Å². The van der Waals surface area contributed by atoms with Crippen molar-refractivity contribution in [3.63, 3.8) is 0 Å². The largest absolute Gasteiger partial charge is 0.382 e. The maximum Gasteiger partial charge on any atom is 0.224 e. The maximum absolute atomic E-state index is 6.34. The molecule has 0 unspecified atom stereocenters. The van der Waals surface area contributed by atoms with Gasteiger partial charge in [0.25, 0.3) is 0 Å². The minimum Gasteiger partial charge on any atom is -0.382 e. The van der Waals surface area contributed by atoms with Gasteiger partial charge < -0.3 is 11.1 Å². The predicted octanol–water partition coefficient (Wildman–Crippen LogP) is 4.68. The molecular formula is C15H12Cl2N4S. The monoisotopic (exact) mass is 350 g/mol. The second-order valence-corrected chi connectivity index (χ2v) is 7.19. The topological polar surface area (TPSA) is 63.8 Å². The molecule has 1 aromatic carbocycles. The van der Waals surface area contributed by atoms with E-state index < -0.39 is 0 Å². The number of thiophene rings is 1. The quantitative estimate of drug-likeness (QED) is 0.673. The molecule has 0 saturated heterocycles. The Labute approximate surface area is 141 Å². The van der Waals surface area contributed by atoms with Gasteiger partial charge in [0.1, 0.15) is 5.82 Å². The Bertz CT molecular complexity index is 873. The zero-order valence-electron chi connectivity index (χ0n) is 11.4. The number of aromatic nitrogens is 2. The lowest BCUT2D eigenvalue weighted by atomic mass is 10.1. The fourth-order valence-corrected chi connectivity index (χ4v) is 4.15. The number of halogens is 2. The molecule has 1 aliphatic carbocycles. The van der Waals surface area contributed by atoms with Gasteiger partial charge in [0.15, 0.2) is 0 Å². The van der Waals surface area contributed by atoms with Crippen LogP contribution in [0.3, 0.4) is 0 Å². The van der Waals surface area contributed by atoms with Crippen LogP contribution in [0.25, 0.3) is 10.2 Å². The summed E-state index contributed by atoms with van der Waals surface area (Å²) >= 11 is 13.7. The molecule has 112 valence electrons. The first-order valence-electron chi connectivity index (χ1n) is 6.83. The molecule has 22 heavy (non-hydrogen) atoms. The van der Waals surface area contributed by atoms with E-state index in [1.807, 2.05) is 24.3 Å². The average molecular weight is 351 g/mol. The number of rotatable bonds is 3. The SMILES string of the molecule is Nc1nc(Cl)nc2cc(NC3(c4ccccc4Cl)CC3)sc12. The molecule has 0 spiro atoms. The van der Waals surface area contributed by atoms with E-state index in [4.69, 9.17) is 28.9 Å². The van der Waals surface area contributed by atoms with E-state index in [0.29, 0.717) is 5.82 Å². The van der Waals surface area contributed by atoms with Crippen LogP contribution in [0.15, 0.2) is 30.3 Å². The molecule has 0 bridgehead atoms. The molecule has 2 heterocycles. The minimum atomic E-state index is -0.0921. The zero-order chi connectivity index (χ0) is 15.3. The van der Waals surface area contributed by atoms with Crippen molar-refractivity contribution in [1.29, 1.82) is 0 Å². The third kappa shape index (κ3) is 2.29. The Balaban J connectivity index is 1.72. The number of fused-ring (bicyclic) bond motifs is 1. The highest BCUT2D eigenvalue weighted by atomic mass is 35.5. The van der Waals surface area contributed by atoms with Crippen LogP contribution in [0, 0.1) is 0 Å². The van der Waals surface area contributed by atoms with E-state index >= 15 is 0 Å². The predicted molar refractivity (Wildman–Crippen MR) is 92.8 cm³/mol. The fourth-order valence-electron chi connectivity index (χ4n) is 2.66. The Morgan fingerprint density at radius 1 is 1.18 bits per heavy atom. The van der Waals surface area contributed by atoms with E-state index in [-0.39, 0.29) is 10.8 Å². The van der Waals surface area contributed by atoms with Crippen molar-refractivity contribution in [1.82, 2.24) is 9.97 Å². The normalized spacial score (nSPS) is 15.9. The van der Waals surface area contributed by atoms with Gasteiger partial charge in [-0.2, -0.15) is 4.98 Å². The van der Waals surface area contributed by atoms with E-state index in [1.165, 1.54) is 11.3 Å². The van der Waals surface area contributed by atoms with Crippen LogP contribution in [0.2, 0.25) is 10.3 Å². The molecule has 1 fully saturated rings. The van der Waals surface area contributed by atoms with Gasteiger partial charge in [0, 0.05) is 5.02 Å². The average Bonchev–Trinajstić information content (AvgIpc) is 3.12. The molecule has 4 rings (SSSR count). The van der Waals surface area contributed by atoms with Crippen LogP contribution in [-0.2, 0) is 5.54 Å². The molecular weight excluding hydrogens is 339 g/mol. The van der Waals surface area contributed by atoms with Gasteiger partial charge in [-0.05, 0) is 42.1 Å². The standard InChI is InChI=1S/C15H12Cl2N4S/c16-9-4-2-1-3-8(9)15(5-6-15)21-11-7-10-12(22-11)13(18)20-14(17)19-10/h1-4,7,21H,5-6H2,(H2,18,19,20). The first-order valence-corrected chi connectivity index (χ1v) is 8.40. The molecule has 2 aromatic heterocycles. The van der Waals surface area contributed by atoms with Crippen molar-refractivity contribution in [2.75, 3.05) is 11.1 Å². The van der Waals surface area contributed by atoms with E-state index in [9.17, 15) is 0 Å². The number of nitrogen functional groups attached to an aromatic ring is 1. The summed E-state index contributed by atoms with van der Waals surface area (Å²) in [4.78, 5) is 8.21. The highest BCUT2D eigenvalue weighted by Gasteiger charge is 2.45. The number of hydrogen-bond donors (Lipinski definition) is 2. The summed E-state index contributed by atoms with van der Waals surface area (Å²) in [5.74, 6) is 0.413. The fraction of sp³-hybridized carbons (Fsp3) is 0.200. The Hall–Kier alpha value is -1.56. The van der Waals surface area contributed by atoms with Crippen LogP contribution in [0.4, 0.5) is 10.8 Å². The van der Waals surface area contributed by atoms with Gasteiger partial charge in [-0.25, -0.2) is 4.98 Å². The zero-order valence-corrected chi connectivity index (χ0v) is 13.8. The third-order valence-electron chi connectivity index (χ3n) is 3.87. The summed E-state index contributed by atoms with van der Waals surface area (Å²) in [5, 5.41) is 5.54. The number of nitrogens with one attached hydrogen (secondary N) is 1. The molecule has 0 amide bonds. The molecule has 4 nitrogen and oxygen atoms in total. The summed E-state index contributed by atoms with van der Waals surface area (Å²) in [6, 6.07) is 9.91. The first kappa shape index (κ1) is 14.1. The van der Waals surface area contributed by atoms with Crippen molar-refractivity contribution in [2.24, 2.45) is 0 Å². The van der Waals surface area contributed by atoms with Crippen molar-refractivity contribution < 1.29 is 0 Å². The maximum atomic E-state index is 6.34. The summed E-state index contributed by atoms with van der Waals surface area (Å²) in [5.41, 5.74) is 7.71. The highest BCUT2D eigenvalue weighted by Crippen LogP contribution is 2.51. The van der Waals surface area contributed by atoms with Gasteiger partial charge in [-0.3, -0.25) is 0 Å². The second kappa shape index (κ2) is 4.98. The molecule has 0 radical (unpaired) electrons. The van der Waals surface area contributed by atoms with Crippen LogP contribution in [0.1, 0.15) is 18.4 Å². The number of nitrogens with two attached hydrogens (primary N) is 1. The molecule has 0 aliphatic heterocycles.